The highest BCUT2D eigenvalue weighted by Gasteiger charge is 2.22. The Kier molecular flexibility index (Phi) is 8.26. The van der Waals surface area contributed by atoms with Gasteiger partial charge in [0.15, 0.2) is 5.96 Å². The topological polar surface area (TPSA) is 39.7 Å². The third-order valence-electron chi connectivity index (χ3n) is 5.15. The summed E-state index contributed by atoms with van der Waals surface area (Å²) in [5.41, 5.74) is 1.44. The first-order chi connectivity index (χ1) is 12.1. The lowest BCUT2D eigenvalue weighted by Gasteiger charge is -2.21. The molecule has 1 heterocycles. The van der Waals surface area contributed by atoms with Crippen LogP contribution in [-0.4, -0.2) is 49.6 Å². The summed E-state index contributed by atoms with van der Waals surface area (Å²) in [5.74, 6) is 2.25. The lowest BCUT2D eigenvalue weighted by atomic mass is 10.1. The average Bonchev–Trinajstić information content (AvgIpc) is 3.07. The van der Waals surface area contributed by atoms with E-state index in [1.807, 2.05) is 0 Å². The predicted molar refractivity (Wildman–Crippen MR) is 108 cm³/mol. The van der Waals surface area contributed by atoms with E-state index in [0.717, 1.165) is 32.0 Å². The van der Waals surface area contributed by atoms with Crippen LogP contribution < -0.4 is 10.6 Å². The van der Waals surface area contributed by atoms with Gasteiger partial charge in [-0.05, 0) is 50.6 Å². The molecule has 0 aromatic heterocycles. The highest BCUT2D eigenvalue weighted by molar-refractivity contribution is 5.80. The van der Waals surface area contributed by atoms with E-state index in [0.29, 0.717) is 17.9 Å². The molecule has 1 aromatic carbocycles. The molecule has 2 N–H and O–H groups in total. The molecule has 1 aliphatic heterocycles. The summed E-state index contributed by atoms with van der Waals surface area (Å²) >= 11 is 0. The van der Waals surface area contributed by atoms with Crippen molar-refractivity contribution in [2.24, 2.45) is 16.8 Å². The summed E-state index contributed by atoms with van der Waals surface area (Å²) in [6.07, 6.45) is 2.41. The number of likely N-dealkylation sites (tertiary alicyclic amines) is 1. The Labute approximate surface area is 154 Å². The van der Waals surface area contributed by atoms with Gasteiger partial charge in [0, 0.05) is 32.2 Å². The first-order valence-electron chi connectivity index (χ1n) is 9.89. The molecule has 0 aliphatic carbocycles. The van der Waals surface area contributed by atoms with E-state index in [1.165, 1.54) is 25.1 Å². The second-order valence-corrected chi connectivity index (χ2v) is 7.59. The highest BCUT2D eigenvalue weighted by Crippen LogP contribution is 2.17. The number of nitrogens with zero attached hydrogens (tertiary/aromatic N) is 2. The molecule has 2 unspecified atom stereocenters. The number of guanidine groups is 1. The van der Waals surface area contributed by atoms with Crippen LogP contribution in [0.2, 0.25) is 0 Å². The summed E-state index contributed by atoms with van der Waals surface area (Å²) in [7, 11) is 0. The minimum Gasteiger partial charge on any atom is -0.357 e. The second kappa shape index (κ2) is 10.4. The van der Waals surface area contributed by atoms with Crippen LogP contribution in [-0.2, 0) is 6.42 Å². The molecular weight excluding hydrogens is 308 g/mol. The monoisotopic (exact) mass is 344 g/mol. The maximum atomic E-state index is 4.84. The summed E-state index contributed by atoms with van der Waals surface area (Å²) in [6, 6.07) is 11.2. The van der Waals surface area contributed by atoms with Gasteiger partial charge in [-0.3, -0.25) is 4.99 Å². The van der Waals surface area contributed by atoms with Crippen LogP contribution in [0.5, 0.6) is 0 Å². The van der Waals surface area contributed by atoms with E-state index in [-0.39, 0.29) is 0 Å². The van der Waals surface area contributed by atoms with Gasteiger partial charge in [-0.2, -0.15) is 0 Å². The van der Waals surface area contributed by atoms with Crippen molar-refractivity contribution in [2.75, 3.05) is 32.7 Å². The lowest BCUT2D eigenvalue weighted by Crippen LogP contribution is -2.44. The number of rotatable bonds is 8. The Bertz CT molecular complexity index is 512. The first-order valence-corrected chi connectivity index (χ1v) is 9.89. The van der Waals surface area contributed by atoms with E-state index in [1.54, 1.807) is 0 Å². The maximum absolute atomic E-state index is 4.84. The van der Waals surface area contributed by atoms with Crippen molar-refractivity contribution in [2.45, 2.75) is 46.6 Å². The van der Waals surface area contributed by atoms with Crippen molar-refractivity contribution in [3.63, 3.8) is 0 Å². The zero-order valence-corrected chi connectivity index (χ0v) is 16.5. The molecule has 4 heteroatoms. The molecular formula is C21H36N4. The molecule has 0 spiro atoms. The summed E-state index contributed by atoms with van der Waals surface area (Å²) in [4.78, 5) is 7.43. The van der Waals surface area contributed by atoms with E-state index in [9.17, 15) is 0 Å². The first kappa shape index (κ1) is 19.8. The molecule has 1 saturated heterocycles. The molecule has 2 atom stereocenters. The Balaban J connectivity index is 1.76. The molecule has 1 fully saturated rings. The van der Waals surface area contributed by atoms with Gasteiger partial charge in [0.05, 0.1) is 0 Å². The number of nitrogens with one attached hydrogen (secondary N) is 2. The molecule has 0 bridgehead atoms. The van der Waals surface area contributed by atoms with Crippen LogP contribution in [0.15, 0.2) is 35.3 Å². The Morgan fingerprint density at radius 2 is 2.00 bits per heavy atom. The molecule has 0 saturated carbocycles. The fraction of sp³-hybridized carbons (Fsp3) is 0.667. The standard InChI is InChI=1S/C21H36N4/c1-5-22-21(24-18(4)17(2)3)23-15-20-12-14-25(16-20)13-11-19-9-7-6-8-10-19/h6-10,17-18,20H,5,11-16H2,1-4H3,(H2,22,23,24). The number of benzene rings is 1. The van der Waals surface area contributed by atoms with E-state index >= 15 is 0 Å². The third-order valence-corrected chi connectivity index (χ3v) is 5.15. The molecule has 140 valence electrons. The van der Waals surface area contributed by atoms with Crippen molar-refractivity contribution in [1.29, 1.82) is 0 Å². The number of aliphatic imine (C=N–C) groups is 1. The molecule has 0 amide bonds. The highest BCUT2D eigenvalue weighted by atomic mass is 15.2. The summed E-state index contributed by atoms with van der Waals surface area (Å²) < 4.78 is 0. The van der Waals surface area contributed by atoms with Crippen LogP contribution in [0.3, 0.4) is 0 Å². The van der Waals surface area contributed by atoms with Crippen molar-refractivity contribution < 1.29 is 0 Å². The fourth-order valence-electron chi connectivity index (χ4n) is 3.12. The minimum atomic E-state index is 0.434. The molecule has 0 radical (unpaired) electrons. The summed E-state index contributed by atoms with van der Waals surface area (Å²) in [5, 5.41) is 6.90. The quantitative estimate of drug-likeness (QED) is 0.562. The van der Waals surface area contributed by atoms with E-state index in [4.69, 9.17) is 4.99 Å². The Morgan fingerprint density at radius 1 is 1.24 bits per heavy atom. The largest absolute Gasteiger partial charge is 0.357 e. The van der Waals surface area contributed by atoms with Crippen LogP contribution in [0, 0.1) is 11.8 Å². The van der Waals surface area contributed by atoms with Gasteiger partial charge < -0.3 is 15.5 Å². The second-order valence-electron chi connectivity index (χ2n) is 7.59. The van der Waals surface area contributed by atoms with Crippen molar-refractivity contribution in [3.8, 4) is 0 Å². The van der Waals surface area contributed by atoms with Crippen molar-refractivity contribution in [1.82, 2.24) is 15.5 Å². The molecule has 2 rings (SSSR count). The van der Waals surface area contributed by atoms with Gasteiger partial charge in [0.25, 0.3) is 0 Å². The van der Waals surface area contributed by atoms with Gasteiger partial charge in [-0.15, -0.1) is 0 Å². The lowest BCUT2D eigenvalue weighted by molar-refractivity contribution is 0.329. The zero-order valence-electron chi connectivity index (χ0n) is 16.5. The van der Waals surface area contributed by atoms with Crippen LogP contribution in [0.4, 0.5) is 0 Å². The summed E-state index contributed by atoms with van der Waals surface area (Å²) in [6.45, 7) is 14.2. The maximum Gasteiger partial charge on any atom is 0.191 e. The van der Waals surface area contributed by atoms with Crippen LogP contribution >= 0.6 is 0 Å². The van der Waals surface area contributed by atoms with E-state index < -0.39 is 0 Å². The number of hydrogen-bond donors (Lipinski definition) is 2. The fourth-order valence-corrected chi connectivity index (χ4v) is 3.12. The number of hydrogen-bond acceptors (Lipinski definition) is 2. The smallest absolute Gasteiger partial charge is 0.191 e. The molecule has 1 aliphatic rings. The van der Waals surface area contributed by atoms with Gasteiger partial charge in [0.2, 0.25) is 0 Å². The van der Waals surface area contributed by atoms with Gasteiger partial charge in [-0.25, -0.2) is 0 Å². The van der Waals surface area contributed by atoms with E-state index in [2.05, 4.69) is 73.6 Å². The molecule has 25 heavy (non-hydrogen) atoms. The van der Waals surface area contributed by atoms with Crippen LogP contribution in [0.25, 0.3) is 0 Å². The Hall–Kier alpha value is -1.55. The van der Waals surface area contributed by atoms with Crippen LogP contribution in [0.1, 0.15) is 39.7 Å². The van der Waals surface area contributed by atoms with Crippen molar-refractivity contribution in [3.05, 3.63) is 35.9 Å². The SMILES string of the molecule is CCNC(=NCC1CCN(CCc2ccccc2)C1)NC(C)C(C)C. The molecule has 4 nitrogen and oxygen atoms in total. The normalized spacial score (nSPS) is 20.0. The average molecular weight is 345 g/mol. The third kappa shape index (κ3) is 7.07. The van der Waals surface area contributed by atoms with Gasteiger partial charge in [-0.1, -0.05) is 44.2 Å². The predicted octanol–water partition coefficient (Wildman–Crippen LogP) is 3.15. The Morgan fingerprint density at radius 3 is 2.68 bits per heavy atom. The van der Waals surface area contributed by atoms with Gasteiger partial charge >= 0.3 is 0 Å². The minimum absolute atomic E-state index is 0.434. The van der Waals surface area contributed by atoms with Crippen molar-refractivity contribution >= 4 is 5.96 Å². The van der Waals surface area contributed by atoms with Gasteiger partial charge in [0.1, 0.15) is 0 Å². The molecule has 1 aromatic rings. The zero-order chi connectivity index (χ0) is 18.1.